The van der Waals surface area contributed by atoms with Gasteiger partial charge in [-0.1, -0.05) is 54.1 Å². The molecule has 1 amide bonds. The zero-order valence-corrected chi connectivity index (χ0v) is 11.7. The summed E-state index contributed by atoms with van der Waals surface area (Å²) in [6, 6.07) is 16.2. The fraction of sp³-hybridized carbons (Fsp3) is 0.188. The van der Waals surface area contributed by atoms with Crippen LogP contribution in [0, 0.1) is 0 Å². The van der Waals surface area contributed by atoms with Gasteiger partial charge in [0.15, 0.2) is 0 Å². The van der Waals surface area contributed by atoms with E-state index in [2.05, 4.69) is 5.32 Å². The Labute approximate surface area is 123 Å². The highest BCUT2D eigenvalue weighted by Crippen LogP contribution is 2.14. The first kappa shape index (κ1) is 14.6. The van der Waals surface area contributed by atoms with Crippen molar-refractivity contribution < 1.29 is 9.90 Å². The number of rotatable bonds is 5. The van der Waals surface area contributed by atoms with Crippen molar-refractivity contribution in [3.8, 4) is 0 Å². The van der Waals surface area contributed by atoms with Crippen LogP contribution >= 0.6 is 11.6 Å². The third-order valence-electron chi connectivity index (χ3n) is 2.97. The molecule has 0 aliphatic rings. The van der Waals surface area contributed by atoms with Gasteiger partial charge in [0.1, 0.15) is 0 Å². The number of aliphatic hydroxyl groups is 1. The molecule has 2 rings (SSSR count). The topological polar surface area (TPSA) is 49.3 Å². The summed E-state index contributed by atoms with van der Waals surface area (Å²) in [7, 11) is 0. The van der Waals surface area contributed by atoms with Crippen LogP contribution in [0.4, 0.5) is 0 Å². The molecule has 1 unspecified atom stereocenters. The minimum atomic E-state index is -0.386. The molecule has 0 fully saturated rings. The monoisotopic (exact) mass is 289 g/mol. The van der Waals surface area contributed by atoms with Crippen LogP contribution in [0.5, 0.6) is 0 Å². The van der Waals surface area contributed by atoms with E-state index < -0.39 is 0 Å². The largest absolute Gasteiger partial charge is 0.394 e. The first-order chi connectivity index (χ1) is 9.69. The molecule has 0 aliphatic carbocycles. The quantitative estimate of drug-likeness (QED) is 0.889. The van der Waals surface area contributed by atoms with Crippen LogP contribution in [0.1, 0.15) is 17.2 Å². The average Bonchev–Trinajstić information content (AvgIpc) is 2.45. The van der Waals surface area contributed by atoms with Crippen LogP contribution in [-0.2, 0) is 11.2 Å². The SMILES string of the molecule is O=C(Cc1cccc(Cl)c1)NC(CO)c1ccccc1. The third-order valence-corrected chi connectivity index (χ3v) is 3.21. The van der Waals surface area contributed by atoms with E-state index in [4.69, 9.17) is 11.6 Å². The maximum atomic E-state index is 12.0. The summed E-state index contributed by atoms with van der Waals surface area (Å²) < 4.78 is 0. The van der Waals surface area contributed by atoms with E-state index in [0.717, 1.165) is 11.1 Å². The number of nitrogens with one attached hydrogen (secondary N) is 1. The van der Waals surface area contributed by atoms with Crippen molar-refractivity contribution in [3.05, 3.63) is 70.7 Å². The number of aliphatic hydroxyl groups excluding tert-OH is 1. The van der Waals surface area contributed by atoms with Crippen molar-refractivity contribution in [1.29, 1.82) is 0 Å². The van der Waals surface area contributed by atoms with E-state index in [0.29, 0.717) is 5.02 Å². The summed E-state index contributed by atoms with van der Waals surface area (Å²) in [5, 5.41) is 12.8. The number of amides is 1. The molecule has 4 heteroatoms. The predicted octanol–water partition coefficient (Wildman–Crippen LogP) is 2.73. The Morgan fingerprint density at radius 1 is 1.15 bits per heavy atom. The van der Waals surface area contributed by atoms with Crippen molar-refractivity contribution in [1.82, 2.24) is 5.32 Å². The van der Waals surface area contributed by atoms with Gasteiger partial charge in [-0.25, -0.2) is 0 Å². The molecule has 3 nitrogen and oxygen atoms in total. The Morgan fingerprint density at radius 3 is 2.55 bits per heavy atom. The Hall–Kier alpha value is -1.84. The molecular formula is C16H16ClNO2. The number of halogens is 1. The molecule has 0 spiro atoms. The first-order valence-corrected chi connectivity index (χ1v) is 6.76. The van der Waals surface area contributed by atoms with Gasteiger partial charge in [0.2, 0.25) is 5.91 Å². The molecule has 104 valence electrons. The molecular weight excluding hydrogens is 274 g/mol. The fourth-order valence-corrected chi connectivity index (χ4v) is 2.21. The molecule has 1 atom stereocenters. The van der Waals surface area contributed by atoms with E-state index >= 15 is 0 Å². The molecule has 0 saturated heterocycles. The van der Waals surface area contributed by atoms with Gasteiger partial charge in [-0.3, -0.25) is 4.79 Å². The van der Waals surface area contributed by atoms with Crippen LogP contribution in [-0.4, -0.2) is 17.6 Å². The minimum absolute atomic E-state index is 0.134. The number of hydrogen-bond acceptors (Lipinski definition) is 2. The molecule has 20 heavy (non-hydrogen) atoms. The molecule has 0 aromatic heterocycles. The van der Waals surface area contributed by atoms with E-state index in [1.165, 1.54) is 0 Å². The highest BCUT2D eigenvalue weighted by molar-refractivity contribution is 6.30. The fourth-order valence-electron chi connectivity index (χ4n) is 2.00. The molecule has 0 heterocycles. The lowest BCUT2D eigenvalue weighted by molar-refractivity contribution is -0.121. The van der Waals surface area contributed by atoms with Gasteiger partial charge in [-0.15, -0.1) is 0 Å². The van der Waals surface area contributed by atoms with Crippen LogP contribution in [0.15, 0.2) is 54.6 Å². The summed E-state index contributed by atoms with van der Waals surface area (Å²) in [5.41, 5.74) is 1.73. The smallest absolute Gasteiger partial charge is 0.224 e. The van der Waals surface area contributed by atoms with Gasteiger partial charge in [-0.05, 0) is 23.3 Å². The van der Waals surface area contributed by atoms with Gasteiger partial charge in [0.05, 0.1) is 19.1 Å². The first-order valence-electron chi connectivity index (χ1n) is 6.38. The molecule has 0 bridgehead atoms. The van der Waals surface area contributed by atoms with E-state index in [1.54, 1.807) is 12.1 Å². The lowest BCUT2D eigenvalue weighted by atomic mass is 10.1. The Balaban J connectivity index is 2.00. The standard InChI is InChI=1S/C16H16ClNO2/c17-14-8-4-5-12(9-14)10-16(20)18-15(11-19)13-6-2-1-3-7-13/h1-9,15,19H,10-11H2,(H,18,20). The highest BCUT2D eigenvalue weighted by atomic mass is 35.5. The number of hydrogen-bond donors (Lipinski definition) is 2. The van der Waals surface area contributed by atoms with Crippen molar-refractivity contribution in [3.63, 3.8) is 0 Å². The number of carbonyl (C=O) groups excluding carboxylic acids is 1. The second-order valence-corrected chi connectivity index (χ2v) is 4.96. The Kier molecular flexibility index (Phi) is 5.16. The van der Waals surface area contributed by atoms with E-state index in [-0.39, 0.29) is 25.0 Å². The average molecular weight is 290 g/mol. The Bertz CT molecular complexity index is 572. The number of carbonyl (C=O) groups is 1. The summed E-state index contributed by atoms with van der Waals surface area (Å²) in [4.78, 5) is 12.0. The van der Waals surface area contributed by atoms with E-state index in [9.17, 15) is 9.90 Å². The predicted molar refractivity (Wildman–Crippen MR) is 79.6 cm³/mol. The summed E-state index contributed by atoms with van der Waals surface area (Å²) in [6.45, 7) is -0.134. The molecule has 0 aliphatic heterocycles. The van der Waals surface area contributed by atoms with Crippen molar-refractivity contribution >= 4 is 17.5 Å². The number of benzene rings is 2. The van der Waals surface area contributed by atoms with Crippen LogP contribution in [0.3, 0.4) is 0 Å². The van der Waals surface area contributed by atoms with Gasteiger partial charge < -0.3 is 10.4 Å². The normalized spacial score (nSPS) is 11.9. The zero-order chi connectivity index (χ0) is 14.4. The van der Waals surface area contributed by atoms with Crippen molar-refractivity contribution in [2.75, 3.05) is 6.61 Å². The van der Waals surface area contributed by atoms with Crippen LogP contribution < -0.4 is 5.32 Å². The molecule has 2 aromatic carbocycles. The maximum Gasteiger partial charge on any atom is 0.224 e. The molecule has 0 saturated carbocycles. The lowest BCUT2D eigenvalue weighted by Gasteiger charge is -2.16. The van der Waals surface area contributed by atoms with Crippen molar-refractivity contribution in [2.45, 2.75) is 12.5 Å². The summed E-state index contributed by atoms with van der Waals surface area (Å²) in [6.07, 6.45) is 0.240. The third kappa shape index (κ3) is 4.08. The van der Waals surface area contributed by atoms with Gasteiger partial charge in [0.25, 0.3) is 0 Å². The second kappa shape index (κ2) is 7.08. The van der Waals surface area contributed by atoms with Gasteiger partial charge in [-0.2, -0.15) is 0 Å². The molecule has 2 aromatic rings. The molecule has 2 N–H and O–H groups in total. The second-order valence-electron chi connectivity index (χ2n) is 4.52. The summed E-state index contributed by atoms with van der Waals surface area (Å²) >= 11 is 5.89. The van der Waals surface area contributed by atoms with Crippen LogP contribution in [0.25, 0.3) is 0 Å². The van der Waals surface area contributed by atoms with Gasteiger partial charge in [0, 0.05) is 5.02 Å². The van der Waals surface area contributed by atoms with Gasteiger partial charge >= 0.3 is 0 Å². The summed E-state index contributed by atoms with van der Waals surface area (Å²) in [5.74, 6) is -0.143. The molecule has 0 radical (unpaired) electrons. The van der Waals surface area contributed by atoms with E-state index in [1.807, 2.05) is 42.5 Å². The highest BCUT2D eigenvalue weighted by Gasteiger charge is 2.13. The Morgan fingerprint density at radius 2 is 1.90 bits per heavy atom. The minimum Gasteiger partial charge on any atom is -0.394 e. The lowest BCUT2D eigenvalue weighted by Crippen LogP contribution is -2.31. The van der Waals surface area contributed by atoms with Crippen molar-refractivity contribution in [2.24, 2.45) is 0 Å². The van der Waals surface area contributed by atoms with Crippen LogP contribution in [0.2, 0.25) is 5.02 Å². The maximum absolute atomic E-state index is 12.0. The zero-order valence-electron chi connectivity index (χ0n) is 10.9.